The fourth-order valence-corrected chi connectivity index (χ4v) is 3.44. The van der Waals surface area contributed by atoms with E-state index >= 15 is 0 Å². The summed E-state index contributed by atoms with van der Waals surface area (Å²) in [7, 11) is 0. The molecule has 3 aromatic rings. The molecule has 5 nitrogen and oxygen atoms in total. The second-order valence-electron chi connectivity index (χ2n) is 6.42. The van der Waals surface area contributed by atoms with E-state index in [9.17, 15) is 9.59 Å². The first-order valence-electron chi connectivity index (χ1n) is 8.62. The number of aromatic nitrogens is 2. The summed E-state index contributed by atoms with van der Waals surface area (Å²) in [5.41, 5.74) is 1.19. The van der Waals surface area contributed by atoms with Gasteiger partial charge in [0.15, 0.2) is 0 Å². The molecule has 1 saturated heterocycles. The first-order valence-corrected chi connectivity index (χ1v) is 8.62. The van der Waals surface area contributed by atoms with Crippen molar-refractivity contribution in [3.63, 3.8) is 0 Å². The van der Waals surface area contributed by atoms with Crippen LogP contribution in [0, 0.1) is 0 Å². The van der Waals surface area contributed by atoms with Crippen LogP contribution in [0.1, 0.15) is 18.4 Å². The quantitative estimate of drug-likeness (QED) is 0.735. The molecule has 0 amide bonds. The molecule has 25 heavy (non-hydrogen) atoms. The van der Waals surface area contributed by atoms with Gasteiger partial charge in [-0.1, -0.05) is 42.5 Å². The van der Waals surface area contributed by atoms with Crippen LogP contribution in [-0.4, -0.2) is 21.8 Å². The summed E-state index contributed by atoms with van der Waals surface area (Å²) in [6.07, 6.45) is 1.81. The minimum absolute atomic E-state index is 0.0586. The molecule has 1 aromatic heterocycles. The number of hydrogen-bond donors (Lipinski definition) is 0. The van der Waals surface area contributed by atoms with E-state index in [0.717, 1.165) is 18.4 Å². The molecule has 1 aliphatic heterocycles. The van der Waals surface area contributed by atoms with E-state index in [1.165, 1.54) is 4.57 Å². The van der Waals surface area contributed by atoms with Crippen molar-refractivity contribution in [2.45, 2.75) is 32.0 Å². The normalized spacial score (nSPS) is 17.2. The average molecular weight is 336 g/mol. The molecule has 1 unspecified atom stereocenters. The summed E-state index contributed by atoms with van der Waals surface area (Å²) in [5.74, 6) is 0. The second-order valence-corrected chi connectivity index (χ2v) is 6.42. The summed E-state index contributed by atoms with van der Waals surface area (Å²) in [5, 5.41) is 0.566. The lowest BCUT2D eigenvalue weighted by molar-refractivity contribution is 0.0948. The van der Waals surface area contributed by atoms with Crippen molar-refractivity contribution in [2.75, 3.05) is 6.61 Å². The van der Waals surface area contributed by atoms with Crippen molar-refractivity contribution in [1.29, 1.82) is 0 Å². The fourth-order valence-electron chi connectivity index (χ4n) is 3.44. The maximum atomic E-state index is 13.1. The highest BCUT2D eigenvalue weighted by atomic mass is 16.5. The molecule has 1 atom stereocenters. The van der Waals surface area contributed by atoms with Crippen LogP contribution in [0.2, 0.25) is 0 Å². The van der Waals surface area contributed by atoms with Crippen molar-refractivity contribution in [1.82, 2.24) is 9.13 Å². The molecule has 0 saturated carbocycles. The molecular formula is C20H20N2O3. The lowest BCUT2D eigenvalue weighted by Gasteiger charge is -2.16. The van der Waals surface area contributed by atoms with Crippen molar-refractivity contribution in [2.24, 2.45) is 0 Å². The minimum Gasteiger partial charge on any atom is -0.376 e. The van der Waals surface area contributed by atoms with Crippen molar-refractivity contribution < 1.29 is 4.74 Å². The average Bonchev–Trinajstić information content (AvgIpc) is 3.16. The van der Waals surface area contributed by atoms with Crippen LogP contribution < -0.4 is 11.2 Å². The van der Waals surface area contributed by atoms with Gasteiger partial charge in [-0.15, -0.1) is 0 Å². The van der Waals surface area contributed by atoms with Gasteiger partial charge in [0.25, 0.3) is 5.56 Å². The lowest BCUT2D eigenvalue weighted by atomic mass is 10.2. The Morgan fingerprint density at radius 3 is 2.48 bits per heavy atom. The Kier molecular flexibility index (Phi) is 4.24. The third-order valence-electron chi connectivity index (χ3n) is 4.73. The Balaban J connectivity index is 1.87. The molecule has 4 rings (SSSR count). The number of para-hydroxylation sites is 1. The van der Waals surface area contributed by atoms with Crippen LogP contribution in [0.4, 0.5) is 0 Å². The zero-order valence-electron chi connectivity index (χ0n) is 13.9. The zero-order chi connectivity index (χ0) is 17.2. The highest BCUT2D eigenvalue weighted by Crippen LogP contribution is 2.14. The van der Waals surface area contributed by atoms with Crippen LogP contribution in [0.3, 0.4) is 0 Å². The van der Waals surface area contributed by atoms with Gasteiger partial charge < -0.3 is 4.74 Å². The molecular weight excluding hydrogens is 316 g/mol. The molecule has 0 N–H and O–H groups in total. The van der Waals surface area contributed by atoms with Gasteiger partial charge in [-0.25, -0.2) is 4.79 Å². The molecule has 5 heteroatoms. The van der Waals surface area contributed by atoms with Gasteiger partial charge in [0.1, 0.15) is 0 Å². The topological polar surface area (TPSA) is 53.2 Å². The Morgan fingerprint density at radius 1 is 0.960 bits per heavy atom. The molecule has 1 fully saturated rings. The van der Waals surface area contributed by atoms with Crippen molar-refractivity contribution in [3.05, 3.63) is 81.0 Å². The first-order chi connectivity index (χ1) is 12.2. The molecule has 1 aliphatic rings. The first kappa shape index (κ1) is 15.8. The Hall–Kier alpha value is -2.66. The predicted octanol–water partition coefficient (Wildman–Crippen LogP) is 2.39. The van der Waals surface area contributed by atoms with Gasteiger partial charge in [-0.05, 0) is 30.5 Å². The van der Waals surface area contributed by atoms with Gasteiger partial charge in [-0.3, -0.25) is 13.9 Å². The van der Waals surface area contributed by atoms with E-state index in [0.29, 0.717) is 30.6 Å². The number of ether oxygens (including phenoxy) is 1. The molecule has 0 aliphatic carbocycles. The Morgan fingerprint density at radius 2 is 1.72 bits per heavy atom. The minimum atomic E-state index is -0.275. The van der Waals surface area contributed by atoms with E-state index in [-0.39, 0.29) is 17.4 Å². The van der Waals surface area contributed by atoms with Crippen LogP contribution in [0.25, 0.3) is 10.9 Å². The number of fused-ring (bicyclic) bond motifs is 1. The molecule has 0 spiro atoms. The smallest absolute Gasteiger partial charge is 0.331 e. The summed E-state index contributed by atoms with van der Waals surface area (Å²) in [6, 6.07) is 17.1. The summed E-state index contributed by atoms with van der Waals surface area (Å²) < 4.78 is 8.65. The number of hydrogen-bond acceptors (Lipinski definition) is 3. The van der Waals surface area contributed by atoms with Crippen LogP contribution >= 0.6 is 0 Å². The second kappa shape index (κ2) is 6.69. The fraction of sp³-hybridized carbons (Fsp3) is 0.300. The summed E-state index contributed by atoms with van der Waals surface area (Å²) in [6.45, 7) is 1.45. The third kappa shape index (κ3) is 3.03. The van der Waals surface area contributed by atoms with Crippen LogP contribution in [0.15, 0.2) is 64.2 Å². The van der Waals surface area contributed by atoms with Gasteiger partial charge >= 0.3 is 5.69 Å². The maximum absolute atomic E-state index is 13.1. The van der Waals surface area contributed by atoms with Gasteiger partial charge in [-0.2, -0.15) is 0 Å². The molecule has 0 bridgehead atoms. The SMILES string of the molecule is O=c1c2ccccc2n(Cc2ccccc2)c(=O)n1CC1CCCO1. The van der Waals surface area contributed by atoms with Gasteiger partial charge in [0, 0.05) is 6.61 Å². The van der Waals surface area contributed by atoms with Crippen molar-refractivity contribution >= 4 is 10.9 Å². The van der Waals surface area contributed by atoms with E-state index in [1.54, 1.807) is 10.6 Å². The largest absolute Gasteiger partial charge is 0.376 e. The van der Waals surface area contributed by atoms with E-state index < -0.39 is 0 Å². The van der Waals surface area contributed by atoms with Gasteiger partial charge in [0.05, 0.1) is 30.1 Å². The molecule has 128 valence electrons. The number of benzene rings is 2. The van der Waals surface area contributed by atoms with E-state index in [4.69, 9.17) is 4.74 Å². The highest BCUT2D eigenvalue weighted by Gasteiger charge is 2.20. The number of nitrogens with zero attached hydrogens (tertiary/aromatic N) is 2. The van der Waals surface area contributed by atoms with Gasteiger partial charge in [0.2, 0.25) is 0 Å². The zero-order valence-corrected chi connectivity index (χ0v) is 13.9. The van der Waals surface area contributed by atoms with Crippen LogP contribution in [0.5, 0.6) is 0 Å². The Labute approximate surface area is 145 Å². The monoisotopic (exact) mass is 336 g/mol. The molecule has 2 aromatic carbocycles. The predicted molar refractivity (Wildman–Crippen MR) is 97.0 cm³/mol. The van der Waals surface area contributed by atoms with E-state index in [1.807, 2.05) is 48.5 Å². The maximum Gasteiger partial charge on any atom is 0.331 e. The number of rotatable bonds is 4. The summed E-state index contributed by atoms with van der Waals surface area (Å²) >= 11 is 0. The highest BCUT2D eigenvalue weighted by molar-refractivity contribution is 5.77. The van der Waals surface area contributed by atoms with Crippen molar-refractivity contribution in [3.8, 4) is 0 Å². The molecule has 2 heterocycles. The third-order valence-corrected chi connectivity index (χ3v) is 4.73. The standard InChI is InChI=1S/C20H20N2O3/c23-19-17-10-4-5-11-18(17)21(13-15-7-2-1-3-8-15)20(24)22(19)14-16-9-6-12-25-16/h1-5,7-8,10-11,16H,6,9,12-14H2. The Bertz CT molecular complexity index is 999. The molecule has 0 radical (unpaired) electrons. The van der Waals surface area contributed by atoms with E-state index in [2.05, 4.69) is 0 Å². The van der Waals surface area contributed by atoms with Crippen LogP contribution in [-0.2, 0) is 17.8 Å². The lowest BCUT2D eigenvalue weighted by Crippen LogP contribution is -2.42. The summed E-state index contributed by atoms with van der Waals surface area (Å²) in [4.78, 5) is 25.9.